The second kappa shape index (κ2) is 9.62. The van der Waals surface area contributed by atoms with E-state index >= 15 is 0 Å². The Morgan fingerprint density at radius 1 is 1.04 bits per heavy atom. The van der Waals surface area contributed by atoms with Crippen molar-refractivity contribution >= 4 is 23.2 Å². The van der Waals surface area contributed by atoms with Crippen molar-refractivity contribution in [1.82, 2.24) is 4.90 Å². The highest BCUT2D eigenvalue weighted by molar-refractivity contribution is 6.30. The fourth-order valence-electron chi connectivity index (χ4n) is 3.13. The number of carbonyl (C=O) groups excluding carboxylic acids is 1. The first kappa shape index (κ1) is 19.5. The number of ether oxygens (including phenoxy) is 2. The van der Waals surface area contributed by atoms with Crippen LogP contribution < -0.4 is 9.64 Å². The highest BCUT2D eigenvalue weighted by Gasteiger charge is 2.24. The first-order valence-electron chi connectivity index (χ1n) is 9.28. The highest BCUT2D eigenvalue weighted by Crippen LogP contribution is 2.23. The molecule has 0 saturated carbocycles. The van der Waals surface area contributed by atoms with E-state index in [1.807, 2.05) is 60.4 Å². The molecule has 0 radical (unpaired) electrons. The Kier molecular flexibility index (Phi) is 6.96. The molecule has 1 saturated heterocycles. The van der Waals surface area contributed by atoms with Gasteiger partial charge in [0.05, 0.1) is 12.2 Å². The molecule has 1 fully saturated rings. The van der Waals surface area contributed by atoms with Crippen molar-refractivity contribution in [2.24, 2.45) is 0 Å². The van der Waals surface area contributed by atoms with E-state index < -0.39 is 0 Å². The monoisotopic (exact) mass is 388 g/mol. The molecule has 1 aliphatic rings. The number of anilines is 1. The molecule has 0 aliphatic carbocycles. The van der Waals surface area contributed by atoms with Crippen molar-refractivity contribution in [1.29, 1.82) is 0 Å². The molecule has 0 bridgehead atoms. The summed E-state index contributed by atoms with van der Waals surface area (Å²) in [6, 6.07) is 15.2. The predicted molar refractivity (Wildman–Crippen MR) is 108 cm³/mol. The lowest BCUT2D eigenvalue weighted by molar-refractivity contribution is 0.0736. The molecule has 1 heterocycles. The van der Waals surface area contributed by atoms with E-state index in [0.29, 0.717) is 44.2 Å². The lowest BCUT2D eigenvalue weighted by atomic mass is 10.1. The topological polar surface area (TPSA) is 42.0 Å². The molecule has 1 aliphatic heterocycles. The molecule has 3 rings (SSSR count). The molecule has 2 aromatic rings. The van der Waals surface area contributed by atoms with Crippen LogP contribution in [0, 0.1) is 0 Å². The second-order valence-corrected chi connectivity index (χ2v) is 6.74. The van der Waals surface area contributed by atoms with Crippen LogP contribution in [0.1, 0.15) is 17.3 Å². The maximum Gasteiger partial charge on any atom is 0.257 e. The van der Waals surface area contributed by atoms with Gasteiger partial charge in [0.25, 0.3) is 5.91 Å². The van der Waals surface area contributed by atoms with E-state index in [1.165, 1.54) is 0 Å². The minimum atomic E-state index is 0.00718. The van der Waals surface area contributed by atoms with Gasteiger partial charge in [-0.1, -0.05) is 29.8 Å². The largest absolute Gasteiger partial charge is 0.490 e. The fourth-order valence-corrected chi connectivity index (χ4v) is 3.32. The Bertz CT molecular complexity index is 761. The number of hydrogen-bond acceptors (Lipinski definition) is 4. The van der Waals surface area contributed by atoms with Gasteiger partial charge < -0.3 is 19.3 Å². The quantitative estimate of drug-likeness (QED) is 0.678. The number of nitrogens with zero attached hydrogens (tertiary/aromatic N) is 2. The molecular weight excluding hydrogens is 364 g/mol. The zero-order valence-corrected chi connectivity index (χ0v) is 16.3. The van der Waals surface area contributed by atoms with Crippen LogP contribution in [0.4, 0.5) is 5.69 Å². The molecule has 0 spiro atoms. The van der Waals surface area contributed by atoms with Crippen molar-refractivity contribution in [2.45, 2.75) is 6.92 Å². The fraction of sp³-hybridized carbons (Fsp3) is 0.381. The number of carbonyl (C=O) groups is 1. The molecule has 27 heavy (non-hydrogen) atoms. The average Bonchev–Trinajstić information content (AvgIpc) is 2.71. The Morgan fingerprint density at radius 3 is 2.56 bits per heavy atom. The van der Waals surface area contributed by atoms with Crippen molar-refractivity contribution < 1.29 is 14.3 Å². The third-order valence-corrected chi connectivity index (χ3v) is 4.78. The van der Waals surface area contributed by atoms with Crippen LogP contribution in [0.15, 0.2) is 48.5 Å². The third-order valence-electron chi connectivity index (χ3n) is 4.55. The number of piperazine rings is 1. The number of amides is 1. The van der Waals surface area contributed by atoms with Gasteiger partial charge in [0.2, 0.25) is 0 Å². The molecule has 6 heteroatoms. The lowest BCUT2D eigenvalue weighted by Gasteiger charge is -2.36. The molecule has 2 aromatic carbocycles. The molecule has 0 atom stereocenters. The molecular formula is C21H25ClN2O3. The second-order valence-electron chi connectivity index (χ2n) is 6.30. The van der Waals surface area contributed by atoms with Gasteiger partial charge in [-0.2, -0.15) is 0 Å². The van der Waals surface area contributed by atoms with E-state index in [9.17, 15) is 4.79 Å². The molecule has 0 N–H and O–H groups in total. The van der Waals surface area contributed by atoms with Crippen LogP contribution >= 0.6 is 11.6 Å². The van der Waals surface area contributed by atoms with E-state index in [0.717, 1.165) is 23.8 Å². The summed E-state index contributed by atoms with van der Waals surface area (Å²) in [5.74, 6) is 0.618. The van der Waals surface area contributed by atoms with E-state index in [4.69, 9.17) is 21.1 Å². The van der Waals surface area contributed by atoms with Crippen molar-refractivity contribution in [3.8, 4) is 5.75 Å². The average molecular weight is 389 g/mol. The van der Waals surface area contributed by atoms with Crippen LogP contribution in [0.2, 0.25) is 5.02 Å². The van der Waals surface area contributed by atoms with Gasteiger partial charge in [0, 0.05) is 43.5 Å². The standard InChI is InChI=1S/C21H25ClN2O3/c1-2-26-14-15-27-20-9-4-3-8-19(20)21(25)24-12-10-23(11-13-24)18-7-5-6-17(22)16-18/h3-9,16H,2,10-15H2,1H3. The maximum absolute atomic E-state index is 13.0. The normalized spacial score (nSPS) is 14.3. The Balaban J connectivity index is 1.61. The first-order chi connectivity index (χ1) is 13.2. The number of halogens is 1. The summed E-state index contributed by atoms with van der Waals surface area (Å²) in [6.45, 7) is 6.43. The van der Waals surface area contributed by atoms with Crippen LogP contribution in [0.3, 0.4) is 0 Å². The Labute approximate surface area is 165 Å². The van der Waals surface area contributed by atoms with Crippen LogP contribution in [-0.2, 0) is 4.74 Å². The SMILES string of the molecule is CCOCCOc1ccccc1C(=O)N1CCN(c2cccc(Cl)c2)CC1. The van der Waals surface area contributed by atoms with Crippen molar-refractivity contribution in [3.63, 3.8) is 0 Å². The van der Waals surface area contributed by atoms with Gasteiger partial charge in [-0.05, 0) is 37.3 Å². The third kappa shape index (κ3) is 5.15. The summed E-state index contributed by atoms with van der Waals surface area (Å²) in [6.07, 6.45) is 0. The Hall–Kier alpha value is -2.24. The summed E-state index contributed by atoms with van der Waals surface area (Å²) in [7, 11) is 0. The van der Waals surface area contributed by atoms with Gasteiger partial charge in [0.15, 0.2) is 0 Å². The van der Waals surface area contributed by atoms with Crippen molar-refractivity contribution in [2.75, 3.05) is 50.9 Å². The molecule has 1 amide bonds. The zero-order valence-electron chi connectivity index (χ0n) is 15.6. The van der Waals surface area contributed by atoms with Crippen LogP contribution in [0.25, 0.3) is 0 Å². The summed E-state index contributed by atoms with van der Waals surface area (Å²) in [5.41, 5.74) is 1.69. The van der Waals surface area contributed by atoms with Gasteiger partial charge >= 0.3 is 0 Å². The molecule has 0 aromatic heterocycles. The lowest BCUT2D eigenvalue weighted by Crippen LogP contribution is -2.48. The number of hydrogen-bond donors (Lipinski definition) is 0. The summed E-state index contributed by atoms with van der Waals surface area (Å²) in [5, 5.41) is 0.726. The van der Waals surface area contributed by atoms with Gasteiger partial charge in [-0.3, -0.25) is 4.79 Å². The molecule has 5 nitrogen and oxygen atoms in total. The summed E-state index contributed by atoms with van der Waals surface area (Å²) in [4.78, 5) is 17.1. The van der Waals surface area contributed by atoms with E-state index in [-0.39, 0.29) is 5.91 Å². The minimum Gasteiger partial charge on any atom is -0.490 e. The van der Waals surface area contributed by atoms with E-state index in [1.54, 1.807) is 0 Å². The van der Waals surface area contributed by atoms with E-state index in [2.05, 4.69) is 4.90 Å². The molecule has 0 unspecified atom stereocenters. The number of rotatable bonds is 7. The maximum atomic E-state index is 13.0. The van der Waals surface area contributed by atoms with Crippen LogP contribution in [0.5, 0.6) is 5.75 Å². The van der Waals surface area contributed by atoms with Crippen molar-refractivity contribution in [3.05, 3.63) is 59.1 Å². The Morgan fingerprint density at radius 2 is 1.81 bits per heavy atom. The smallest absolute Gasteiger partial charge is 0.257 e. The predicted octanol–water partition coefficient (Wildman–Crippen LogP) is 3.72. The summed E-state index contributed by atoms with van der Waals surface area (Å²) < 4.78 is 11.1. The first-order valence-corrected chi connectivity index (χ1v) is 9.66. The van der Waals surface area contributed by atoms with Gasteiger partial charge in [0.1, 0.15) is 12.4 Å². The minimum absolute atomic E-state index is 0.00718. The van der Waals surface area contributed by atoms with Gasteiger partial charge in [-0.25, -0.2) is 0 Å². The number of para-hydroxylation sites is 1. The van der Waals surface area contributed by atoms with Crippen LogP contribution in [-0.4, -0.2) is 56.8 Å². The zero-order chi connectivity index (χ0) is 19.1. The van der Waals surface area contributed by atoms with Gasteiger partial charge in [-0.15, -0.1) is 0 Å². The molecule has 144 valence electrons. The highest BCUT2D eigenvalue weighted by atomic mass is 35.5. The number of benzene rings is 2. The summed E-state index contributed by atoms with van der Waals surface area (Å²) >= 11 is 6.09.